The average Bonchev–Trinajstić information content (AvgIpc) is 2.40. The van der Waals surface area contributed by atoms with Gasteiger partial charge in [-0.25, -0.2) is 17.7 Å². The molecule has 0 unspecified atom stereocenters. The summed E-state index contributed by atoms with van der Waals surface area (Å²) in [6.45, 7) is 5.91. The smallest absolute Gasteiger partial charge is 0.384 e. The lowest BCUT2D eigenvalue weighted by molar-refractivity contribution is -0.209. The van der Waals surface area contributed by atoms with Crippen LogP contribution in [0.4, 0.5) is 22.0 Å². The van der Waals surface area contributed by atoms with E-state index in [1.807, 2.05) is 0 Å². The van der Waals surface area contributed by atoms with E-state index >= 15 is 0 Å². The summed E-state index contributed by atoms with van der Waals surface area (Å²) >= 11 is 2.85. The molecule has 0 aliphatic heterocycles. The van der Waals surface area contributed by atoms with Gasteiger partial charge in [-0.15, -0.1) is 0 Å². The van der Waals surface area contributed by atoms with Crippen LogP contribution in [0, 0.1) is 11.6 Å². The van der Waals surface area contributed by atoms with Crippen molar-refractivity contribution in [2.45, 2.75) is 56.7 Å². The highest BCUT2D eigenvalue weighted by Crippen LogP contribution is 2.36. The highest BCUT2D eigenvalue weighted by molar-refractivity contribution is 9.10. The van der Waals surface area contributed by atoms with Crippen LogP contribution in [0.5, 0.6) is 0 Å². The van der Waals surface area contributed by atoms with Crippen LogP contribution in [0.25, 0.3) is 0 Å². The molecule has 1 rings (SSSR count). The molecule has 0 aromatic heterocycles. The van der Waals surface area contributed by atoms with Gasteiger partial charge in [0.1, 0.15) is 11.6 Å². The van der Waals surface area contributed by atoms with E-state index < -0.39 is 51.6 Å². The third-order valence-electron chi connectivity index (χ3n) is 3.46. The van der Waals surface area contributed by atoms with Crippen LogP contribution in [-0.4, -0.2) is 26.3 Å². The highest BCUT2D eigenvalue weighted by atomic mass is 79.9. The molecule has 3 nitrogen and oxygen atoms in total. The van der Waals surface area contributed by atoms with Crippen LogP contribution in [0.15, 0.2) is 16.6 Å². The van der Waals surface area contributed by atoms with Crippen molar-refractivity contribution in [1.82, 2.24) is 4.72 Å². The summed E-state index contributed by atoms with van der Waals surface area (Å²) in [7, 11) is -1.87. The predicted molar refractivity (Wildman–Crippen MR) is 89.1 cm³/mol. The van der Waals surface area contributed by atoms with Gasteiger partial charge in [0.2, 0.25) is 0 Å². The fourth-order valence-electron chi connectivity index (χ4n) is 2.01. The molecule has 144 valence electrons. The molecule has 0 aliphatic carbocycles. The van der Waals surface area contributed by atoms with Crippen LogP contribution >= 0.6 is 15.9 Å². The molecule has 2 N–H and O–H groups in total. The SMILES string of the molecule is CC(C)(C)[S@@](=O)N[C@@](C)(C[C@@H](O)C(F)(F)F)c1cc(Br)c(F)cc1F. The summed E-state index contributed by atoms with van der Waals surface area (Å²) in [5, 5.41) is 9.44. The molecule has 0 saturated carbocycles. The lowest BCUT2D eigenvalue weighted by Crippen LogP contribution is -2.50. The van der Waals surface area contributed by atoms with Crippen molar-refractivity contribution < 1.29 is 31.3 Å². The summed E-state index contributed by atoms with van der Waals surface area (Å²) in [6.07, 6.45) is -8.74. The van der Waals surface area contributed by atoms with Gasteiger partial charge in [-0.2, -0.15) is 13.2 Å². The van der Waals surface area contributed by atoms with Crippen molar-refractivity contribution in [2.75, 3.05) is 0 Å². The molecule has 1 aromatic carbocycles. The Bertz CT molecular complexity index is 663. The van der Waals surface area contributed by atoms with Crippen molar-refractivity contribution in [3.05, 3.63) is 33.8 Å². The van der Waals surface area contributed by atoms with E-state index in [0.717, 1.165) is 6.07 Å². The van der Waals surface area contributed by atoms with E-state index in [2.05, 4.69) is 20.7 Å². The lowest BCUT2D eigenvalue weighted by atomic mass is 9.86. The van der Waals surface area contributed by atoms with E-state index in [-0.39, 0.29) is 10.0 Å². The first kappa shape index (κ1) is 22.5. The topological polar surface area (TPSA) is 49.3 Å². The van der Waals surface area contributed by atoms with E-state index in [1.165, 1.54) is 6.92 Å². The van der Waals surface area contributed by atoms with Gasteiger partial charge >= 0.3 is 6.18 Å². The number of aliphatic hydroxyl groups is 1. The molecule has 3 atom stereocenters. The Kier molecular flexibility index (Phi) is 6.81. The molecule has 0 spiro atoms. The number of hydrogen-bond donors (Lipinski definition) is 2. The number of benzene rings is 1. The Morgan fingerprint density at radius 2 is 1.68 bits per heavy atom. The lowest BCUT2D eigenvalue weighted by Gasteiger charge is -2.36. The van der Waals surface area contributed by atoms with Crippen molar-refractivity contribution in [1.29, 1.82) is 0 Å². The highest BCUT2D eigenvalue weighted by Gasteiger charge is 2.45. The zero-order valence-electron chi connectivity index (χ0n) is 14.0. The van der Waals surface area contributed by atoms with Crippen LogP contribution in [0.1, 0.15) is 39.7 Å². The average molecular weight is 452 g/mol. The van der Waals surface area contributed by atoms with Gasteiger partial charge in [0, 0.05) is 18.1 Å². The largest absolute Gasteiger partial charge is 0.414 e. The quantitative estimate of drug-likeness (QED) is 0.517. The van der Waals surface area contributed by atoms with Gasteiger partial charge in [-0.3, -0.25) is 0 Å². The zero-order chi connectivity index (χ0) is 19.8. The number of nitrogens with one attached hydrogen (secondary N) is 1. The number of alkyl halides is 3. The molecule has 0 bridgehead atoms. The number of hydrogen-bond acceptors (Lipinski definition) is 2. The molecule has 0 fully saturated rings. The van der Waals surface area contributed by atoms with Crippen LogP contribution < -0.4 is 4.72 Å². The minimum absolute atomic E-state index is 0.167. The van der Waals surface area contributed by atoms with Crippen molar-refractivity contribution in [3.8, 4) is 0 Å². The summed E-state index contributed by atoms with van der Waals surface area (Å²) < 4.78 is 79.9. The number of aliphatic hydroxyl groups excluding tert-OH is 1. The molecule has 10 heteroatoms. The van der Waals surface area contributed by atoms with E-state index in [1.54, 1.807) is 20.8 Å². The summed E-state index contributed by atoms with van der Waals surface area (Å²) in [4.78, 5) is 0. The van der Waals surface area contributed by atoms with Gasteiger partial charge in [-0.1, -0.05) is 0 Å². The first-order valence-electron chi connectivity index (χ1n) is 7.17. The van der Waals surface area contributed by atoms with Crippen LogP contribution in [0.2, 0.25) is 0 Å². The van der Waals surface area contributed by atoms with Crippen LogP contribution in [0.3, 0.4) is 0 Å². The summed E-state index contributed by atoms with van der Waals surface area (Å²) in [5.41, 5.74) is -2.21. The first-order chi connectivity index (χ1) is 11.1. The van der Waals surface area contributed by atoms with Gasteiger partial charge in [-0.05, 0) is 49.7 Å². The molecular formula is C15H19BrF5NO2S. The minimum Gasteiger partial charge on any atom is -0.384 e. The Morgan fingerprint density at radius 3 is 2.12 bits per heavy atom. The minimum atomic E-state index is -4.94. The van der Waals surface area contributed by atoms with Crippen LogP contribution in [-0.2, 0) is 16.5 Å². The summed E-state index contributed by atoms with van der Waals surface area (Å²) in [5.74, 6) is -2.05. The first-order valence-corrected chi connectivity index (χ1v) is 9.12. The van der Waals surface area contributed by atoms with Crippen molar-refractivity contribution >= 4 is 26.9 Å². The third kappa shape index (κ3) is 5.70. The molecule has 1 aromatic rings. The molecule has 0 heterocycles. The predicted octanol–water partition coefficient (Wildman–Crippen LogP) is 4.31. The summed E-state index contributed by atoms with van der Waals surface area (Å²) in [6, 6.07) is 1.49. The fraction of sp³-hybridized carbons (Fsp3) is 0.600. The zero-order valence-corrected chi connectivity index (χ0v) is 16.4. The van der Waals surface area contributed by atoms with E-state index in [4.69, 9.17) is 0 Å². The Balaban J connectivity index is 3.42. The maximum absolute atomic E-state index is 14.3. The molecule has 25 heavy (non-hydrogen) atoms. The normalized spacial score (nSPS) is 17.9. The molecular weight excluding hydrogens is 433 g/mol. The second-order valence-electron chi connectivity index (χ2n) is 6.82. The maximum atomic E-state index is 14.3. The second kappa shape index (κ2) is 7.58. The molecule has 0 aliphatic rings. The van der Waals surface area contributed by atoms with Crippen molar-refractivity contribution in [2.24, 2.45) is 0 Å². The monoisotopic (exact) mass is 451 g/mol. The molecule has 0 amide bonds. The molecule has 0 saturated heterocycles. The second-order valence-corrected chi connectivity index (χ2v) is 9.64. The van der Waals surface area contributed by atoms with Gasteiger partial charge in [0.15, 0.2) is 6.10 Å². The van der Waals surface area contributed by atoms with Gasteiger partial charge < -0.3 is 5.11 Å². The van der Waals surface area contributed by atoms with Gasteiger partial charge in [0.25, 0.3) is 0 Å². The van der Waals surface area contributed by atoms with E-state index in [0.29, 0.717) is 6.07 Å². The van der Waals surface area contributed by atoms with Gasteiger partial charge in [0.05, 0.1) is 25.7 Å². The third-order valence-corrected chi connectivity index (χ3v) is 5.81. The fourth-order valence-corrected chi connectivity index (χ4v) is 3.26. The van der Waals surface area contributed by atoms with E-state index in [9.17, 15) is 31.3 Å². The molecule has 0 radical (unpaired) electrons. The maximum Gasteiger partial charge on any atom is 0.414 e. The standard InChI is InChI=1S/C15H19BrF5NO2S/c1-13(2,3)25(24)22-14(4,7-12(23)15(19,20)21)8-5-9(16)11(18)6-10(8)17/h5-6,12,22-23H,7H2,1-4H3/t12-,14+,25-/m1/s1. The number of halogens is 6. The number of rotatable bonds is 5. The Morgan fingerprint density at radius 1 is 1.16 bits per heavy atom. The Labute approximate surface area is 153 Å². The Hall–Kier alpha value is -0.580. The van der Waals surface area contributed by atoms with Crippen molar-refractivity contribution in [3.63, 3.8) is 0 Å².